The molecule has 0 heterocycles. The third-order valence-corrected chi connectivity index (χ3v) is 3.85. The van der Waals surface area contributed by atoms with E-state index >= 15 is 0 Å². The van der Waals surface area contributed by atoms with Crippen LogP contribution in [0.15, 0.2) is 42.5 Å². The molecule has 0 fully saturated rings. The third-order valence-electron chi connectivity index (χ3n) is 3.52. The summed E-state index contributed by atoms with van der Waals surface area (Å²) in [5.74, 6) is -1.36. The zero-order valence-corrected chi connectivity index (χ0v) is 14.2. The maximum atomic E-state index is 14.8. The Labute approximate surface area is 145 Å². The number of hydrogen-bond donors (Lipinski definition) is 2. The number of rotatable bonds is 5. The Morgan fingerprint density at radius 1 is 1.12 bits per heavy atom. The van der Waals surface area contributed by atoms with Crippen molar-refractivity contribution in [1.29, 1.82) is 0 Å². The number of anilines is 1. The van der Waals surface area contributed by atoms with E-state index in [1.54, 1.807) is 43.3 Å². The van der Waals surface area contributed by atoms with Crippen LogP contribution in [0.1, 0.15) is 20.3 Å². The van der Waals surface area contributed by atoms with Crippen LogP contribution in [-0.2, 0) is 9.59 Å². The van der Waals surface area contributed by atoms with E-state index in [9.17, 15) is 14.0 Å². The van der Waals surface area contributed by atoms with Crippen molar-refractivity contribution in [3.05, 3.63) is 53.3 Å². The molecule has 4 nitrogen and oxygen atoms in total. The lowest BCUT2D eigenvalue weighted by Gasteiger charge is -2.17. The predicted molar refractivity (Wildman–Crippen MR) is 93.4 cm³/mol. The molecule has 2 aromatic carbocycles. The first kappa shape index (κ1) is 17.9. The van der Waals surface area contributed by atoms with Gasteiger partial charge in [-0.3, -0.25) is 9.59 Å². The molecule has 0 aliphatic carbocycles. The van der Waals surface area contributed by atoms with Crippen molar-refractivity contribution in [2.75, 3.05) is 5.32 Å². The van der Waals surface area contributed by atoms with Crippen LogP contribution in [0.3, 0.4) is 0 Å². The molecule has 1 unspecified atom stereocenters. The van der Waals surface area contributed by atoms with Crippen LogP contribution in [0, 0.1) is 5.82 Å². The normalized spacial score (nSPS) is 11.7. The van der Waals surface area contributed by atoms with Gasteiger partial charge in [0, 0.05) is 23.1 Å². The fourth-order valence-corrected chi connectivity index (χ4v) is 2.57. The van der Waals surface area contributed by atoms with Crippen molar-refractivity contribution in [1.82, 2.24) is 5.32 Å². The molecule has 2 N–H and O–H groups in total. The minimum atomic E-state index is -0.717. The molecule has 0 saturated carbocycles. The molecule has 2 amide bonds. The SMILES string of the molecule is CCC(NC(C)=O)C(=O)Nc1cccc(-c2ccccc2Cl)c1F. The molecule has 0 saturated heterocycles. The van der Waals surface area contributed by atoms with E-state index in [0.29, 0.717) is 22.6 Å². The molecule has 24 heavy (non-hydrogen) atoms. The molecule has 6 heteroatoms. The van der Waals surface area contributed by atoms with Gasteiger partial charge in [0.25, 0.3) is 0 Å². The molecule has 0 radical (unpaired) electrons. The van der Waals surface area contributed by atoms with E-state index < -0.39 is 17.8 Å². The molecule has 2 rings (SSSR count). The summed E-state index contributed by atoms with van der Waals surface area (Å²) in [5.41, 5.74) is 0.883. The summed E-state index contributed by atoms with van der Waals surface area (Å²) in [4.78, 5) is 23.4. The highest BCUT2D eigenvalue weighted by molar-refractivity contribution is 6.33. The van der Waals surface area contributed by atoms with Crippen molar-refractivity contribution in [3.8, 4) is 11.1 Å². The van der Waals surface area contributed by atoms with Gasteiger partial charge in [0.05, 0.1) is 5.69 Å². The molecule has 0 aliphatic rings. The lowest BCUT2D eigenvalue weighted by atomic mass is 10.0. The topological polar surface area (TPSA) is 58.2 Å². The summed E-state index contributed by atoms with van der Waals surface area (Å²) < 4.78 is 14.8. The van der Waals surface area contributed by atoms with Crippen molar-refractivity contribution in [3.63, 3.8) is 0 Å². The maximum Gasteiger partial charge on any atom is 0.247 e. The first-order chi connectivity index (χ1) is 11.4. The highest BCUT2D eigenvalue weighted by Gasteiger charge is 2.20. The fraction of sp³-hybridized carbons (Fsp3) is 0.222. The van der Waals surface area contributed by atoms with Crippen molar-refractivity contribution >= 4 is 29.1 Å². The van der Waals surface area contributed by atoms with Crippen molar-refractivity contribution in [2.45, 2.75) is 26.3 Å². The Hall–Kier alpha value is -2.40. The van der Waals surface area contributed by atoms with E-state index in [1.165, 1.54) is 13.0 Å². The second kappa shape index (κ2) is 7.93. The van der Waals surface area contributed by atoms with Crippen LogP contribution < -0.4 is 10.6 Å². The molecule has 2 aromatic rings. The van der Waals surface area contributed by atoms with Gasteiger partial charge in [0.15, 0.2) is 5.82 Å². The quantitative estimate of drug-likeness (QED) is 0.858. The lowest BCUT2D eigenvalue weighted by Crippen LogP contribution is -2.42. The van der Waals surface area contributed by atoms with Crippen LogP contribution >= 0.6 is 11.6 Å². The van der Waals surface area contributed by atoms with E-state index in [4.69, 9.17) is 11.6 Å². The average molecular weight is 349 g/mol. The van der Waals surface area contributed by atoms with Crippen LogP contribution in [0.2, 0.25) is 5.02 Å². The Morgan fingerprint density at radius 2 is 1.79 bits per heavy atom. The molecule has 0 bridgehead atoms. The summed E-state index contributed by atoms with van der Waals surface area (Å²) in [6, 6.07) is 10.9. The fourth-order valence-electron chi connectivity index (χ4n) is 2.33. The highest BCUT2D eigenvalue weighted by atomic mass is 35.5. The largest absolute Gasteiger partial charge is 0.345 e. The average Bonchev–Trinajstić information content (AvgIpc) is 2.55. The third kappa shape index (κ3) is 4.11. The Kier molecular flexibility index (Phi) is 5.93. The van der Waals surface area contributed by atoms with Gasteiger partial charge in [-0.1, -0.05) is 48.9 Å². The van der Waals surface area contributed by atoms with E-state index in [2.05, 4.69) is 10.6 Å². The number of nitrogens with one attached hydrogen (secondary N) is 2. The summed E-state index contributed by atoms with van der Waals surface area (Å²) in [6.07, 6.45) is 0.400. The lowest BCUT2D eigenvalue weighted by molar-refractivity contribution is -0.125. The summed E-state index contributed by atoms with van der Waals surface area (Å²) >= 11 is 6.12. The Bertz CT molecular complexity index is 764. The monoisotopic (exact) mass is 348 g/mol. The van der Waals surface area contributed by atoms with Gasteiger partial charge in [-0.15, -0.1) is 0 Å². The second-order valence-corrected chi connectivity index (χ2v) is 5.70. The highest BCUT2D eigenvalue weighted by Crippen LogP contribution is 2.32. The smallest absolute Gasteiger partial charge is 0.247 e. The zero-order valence-electron chi connectivity index (χ0n) is 13.4. The zero-order chi connectivity index (χ0) is 17.7. The molecule has 0 spiro atoms. The molecule has 0 aliphatic heterocycles. The summed E-state index contributed by atoms with van der Waals surface area (Å²) in [7, 11) is 0. The summed E-state index contributed by atoms with van der Waals surface area (Å²) in [6.45, 7) is 3.09. The maximum absolute atomic E-state index is 14.8. The van der Waals surface area contributed by atoms with Crippen LogP contribution in [0.5, 0.6) is 0 Å². The van der Waals surface area contributed by atoms with Gasteiger partial charge in [-0.05, 0) is 18.6 Å². The number of carbonyl (C=O) groups excluding carboxylic acids is 2. The van der Waals surface area contributed by atoms with Gasteiger partial charge in [0.2, 0.25) is 11.8 Å². The predicted octanol–water partition coefficient (Wildman–Crippen LogP) is 4.00. The molecule has 1 atom stereocenters. The Balaban J connectivity index is 2.30. The minimum absolute atomic E-state index is 0.0428. The Morgan fingerprint density at radius 3 is 2.42 bits per heavy atom. The van der Waals surface area contributed by atoms with Gasteiger partial charge in [0.1, 0.15) is 6.04 Å². The molecular weight excluding hydrogens is 331 g/mol. The van der Waals surface area contributed by atoms with Crippen LogP contribution in [-0.4, -0.2) is 17.9 Å². The number of halogens is 2. The standard InChI is InChI=1S/C18H18ClFN2O2/c1-3-15(21-11(2)23)18(24)22-16-10-6-8-13(17(16)20)12-7-4-5-9-14(12)19/h4-10,15H,3H2,1-2H3,(H,21,23)(H,22,24). The van der Waals surface area contributed by atoms with Crippen molar-refractivity contribution in [2.24, 2.45) is 0 Å². The summed E-state index contributed by atoms with van der Waals surface area (Å²) in [5, 5.41) is 5.48. The molecular formula is C18H18ClFN2O2. The van der Waals surface area contributed by atoms with Gasteiger partial charge >= 0.3 is 0 Å². The minimum Gasteiger partial charge on any atom is -0.345 e. The van der Waals surface area contributed by atoms with E-state index in [0.717, 1.165) is 0 Å². The second-order valence-electron chi connectivity index (χ2n) is 5.30. The number of hydrogen-bond acceptors (Lipinski definition) is 2. The number of benzene rings is 2. The van der Waals surface area contributed by atoms with Crippen LogP contribution in [0.4, 0.5) is 10.1 Å². The molecule has 126 valence electrons. The van der Waals surface area contributed by atoms with Gasteiger partial charge < -0.3 is 10.6 Å². The number of carbonyl (C=O) groups is 2. The van der Waals surface area contributed by atoms with Gasteiger partial charge in [-0.25, -0.2) is 4.39 Å². The van der Waals surface area contributed by atoms with Gasteiger partial charge in [-0.2, -0.15) is 0 Å². The number of amides is 2. The first-order valence-corrected chi connectivity index (χ1v) is 7.93. The van der Waals surface area contributed by atoms with E-state index in [-0.39, 0.29) is 11.6 Å². The first-order valence-electron chi connectivity index (χ1n) is 7.55. The van der Waals surface area contributed by atoms with E-state index in [1.807, 2.05) is 0 Å². The van der Waals surface area contributed by atoms with Crippen molar-refractivity contribution < 1.29 is 14.0 Å². The van der Waals surface area contributed by atoms with Crippen LogP contribution in [0.25, 0.3) is 11.1 Å². The molecule has 0 aromatic heterocycles.